The van der Waals surface area contributed by atoms with Crippen LogP contribution in [0, 0.1) is 11.6 Å². The second-order valence-corrected chi connectivity index (χ2v) is 10.8. The lowest BCUT2D eigenvalue weighted by Gasteiger charge is -2.31. The van der Waals surface area contributed by atoms with E-state index in [2.05, 4.69) is 21.2 Å². The zero-order valence-electron chi connectivity index (χ0n) is 22.6. The molecule has 0 aromatic heterocycles. The fraction of sp³-hybridized carbons (Fsp3) is 0.212. The van der Waals surface area contributed by atoms with Crippen LogP contribution in [0.5, 0.6) is 5.75 Å². The number of amides is 1. The molecule has 4 aromatic carbocycles. The second kappa shape index (κ2) is 13.3. The topological polar surface area (TPSA) is 80.2 Å². The SMILES string of the molecule is O=C(NCc1cc(F)ccc1F)[C@]1(Cc2ccccc2)N=C(c2ccc(OCCCO)cc2)O[C@@H]1c1ccc(Br)cc1. The van der Waals surface area contributed by atoms with Crippen LogP contribution in [0.25, 0.3) is 0 Å². The minimum atomic E-state index is -1.47. The highest BCUT2D eigenvalue weighted by Crippen LogP contribution is 2.43. The van der Waals surface area contributed by atoms with Crippen LogP contribution in [0.15, 0.2) is 107 Å². The third-order valence-corrected chi connectivity index (χ3v) is 7.49. The van der Waals surface area contributed by atoms with E-state index in [-0.39, 0.29) is 31.0 Å². The van der Waals surface area contributed by atoms with Crippen molar-refractivity contribution < 1.29 is 28.2 Å². The van der Waals surface area contributed by atoms with Crippen LogP contribution in [-0.2, 0) is 22.5 Å². The predicted octanol–water partition coefficient (Wildman–Crippen LogP) is 6.30. The Hall–Kier alpha value is -4.08. The Morgan fingerprint density at radius 1 is 1.00 bits per heavy atom. The van der Waals surface area contributed by atoms with Gasteiger partial charge in [-0.3, -0.25) is 4.79 Å². The van der Waals surface area contributed by atoms with Gasteiger partial charge in [0.05, 0.1) is 6.61 Å². The van der Waals surface area contributed by atoms with Crippen LogP contribution >= 0.6 is 15.9 Å². The second-order valence-electron chi connectivity index (χ2n) is 9.92. The summed E-state index contributed by atoms with van der Waals surface area (Å²) in [4.78, 5) is 19.2. The van der Waals surface area contributed by atoms with Crippen LogP contribution in [-0.4, -0.2) is 35.7 Å². The van der Waals surface area contributed by atoms with Crippen LogP contribution in [0.3, 0.4) is 0 Å². The van der Waals surface area contributed by atoms with Crippen molar-refractivity contribution in [2.45, 2.75) is 31.0 Å². The summed E-state index contributed by atoms with van der Waals surface area (Å²) in [5.41, 5.74) is 0.783. The first kappa shape index (κ1) is 29.4. The number of carbonyl (C=O) groups is 1. The molecule has 1 heterocycles. The Bertz CT molecular complexity index is 1550. The molecule has 0 saturated heterocycles. The predicted molar refractivity (Wildman–Crippen MR) is 159 cm³/mol. The van der Waals surface area contributed by atoms with E-state index in [1.54, 1.807) is 24.3 Å². The van der Waals surface area contributed by atoms with Crippen molar-refractivity contribution in [3.8, 4) is 5.75 Å². The lowest BCUT2D eigenvalue weighted by molar-refractivity contribution is -0.129. The Labute approximate surface area is 251 Å². The quantitative estimate of drug-likeness (QED) is 0.190. The molecule has 9 heteroatoms. The third kappa shape index (κ3) is 6.69. The zero-order chi connectivity index (χ0) is 29.5. The number of nitrogens with one attached hydrogen (secondary N) is 1. The standard InChI is InChI=1S/C33H29BrF2N2O4/c34-26-11-7-23(8-12-26)30-33(20-22-5-2-1-3-6-22,32(40)37-21-25-19-27(35)13-16-29(25)36)38-31(42-30)24-9-14-28(15-10-24)41-18-4-17-39/h1-3,5-16,19,30,39H,4,17-18,20-21H2,(H,37,40)/t30-,33-/m1/s1. The van der Waals surface area contributed by atoms with Crippen molar-refractivity contribution in [1.29, 1.82) is 0 Å². The van der Waals surface area contributed by atoms with Gasteiger partial charge in [-0.1, -0.05) is 58.4 Å². The molecule has 2 atom stereocenters. The molecule has 1 aliphatic heterocycles. The number of halogens is 3. The smallest absolute Gasteiger partial charge is 0.252 e. The van der Waals surface area contributed by atoms with Crippen LogP contribution in [0.2, 0.25) is 0 Å². The molecule has 2 N–H and O–H groups in total. The van der Waals surface area contributed by atoms with Gasteiger partial charge in [0, 0.05) is 41.6 Å². The van der Waals surface area contributed by atoms with Gasteiger partial charge in [0.2, 0.25) is 5.90 Å². The molecule has 1 amide bonds. The summed E-state index contributed by atoms with van der Waals surface area (Å²) < 4.78 is 41.3. The lowest BCUT2D eigenvalue weighted by atomic mass is 9.82. The van der Waals surface area contributed by atoms with Crippen molar-refractivity contribution >= 4 is 27.7 Å². The summed E-state index contributed by atoms with van der Waals surface area (Å²) in [7, 11) is 0. The third-order valence-electron chi connectivity index (χ3n) is 6.97. The van der Waals surface area contributed by atoms with Crippen LogP contribution in [0.4, 0.5) is 8.78 Å². The first-order chi connectivity index (χ1) is 20.4. The first-order valence-corrected chi connectivity index (χ1v) is 14.3. The minimum absolute atomic E-state index is 0.0262. The Morgan fingerprint density at radius 2 is 1.74 bits per heavy atom. The number of nitrogens with zero attached hydrogens (tertiary/aromatic N) is 1. The molecule has 1 aliphatic rings. The number of ether oxygens (including phenoxy) is 2. The van der Waals surface area contributed by atoms with Gasteiger partial charge in [0.15, 0.2) is 11.6 Å². The molecule has 0 radical (unpaired) electrons. The monoisotopic (exact) mass is 634 g/mol. The highest BCUT2D eigenvalue weighted by Gasteiger charge is 2.53. The number of carbonyl (C=O) groups excluding carboxylic acids is 1. The molecule has 216 valence electrons. The molecule has 0 fully saturated rings. The Kier molecular flexibility index (Phi) is 9.29. The molecule has 4 aromatic rings. The maximum absolute atomic E-state index is 14.4. The summed E-state index contributed by atoms with van der Waals surface area (Å²) in [6.07, 6.45) is -0.111. The molecule has 6 nitrogen and oxygen atoms in total. The largest absolute Gasteiger partial charge is 0.494 e. The number of rotatable bonds is 11. The average molecular weight is 636 g/mol. The van der Waals surface area contributed by atoms with E-state index in [9.17, 15) is 13.6 Å². The number of hydrogen-bond donors (Lipinski definition) is 2. The van der Waals surface area contributed by atoms with Crippen LogP contribution < -0.4 is 10.1 Å². The van der Waals surface area contributed by atoms with Crippen LogP contribution in [0.1, 0.15) is 34.8 Å². The van der Waals surface area contributed by atoms with Crippen molar-refractivity contribution in [3.63, 3.8) is 0 Å². The molecular formula is C33H29BrF2N2O4. The summed E-state index contributed by atoms with van der Waals surface area (Å²) in [5, 5.41) is 11.8. The van der Waals surface area contributed by atoms with Gasteiger partial charge in [-0.2, -0.15) is 0 Å². The maximum atomic E-state index is 14.4. The zero-order valence-corrected chi connectivity index (χ0v) is 24.2. The van der Waals surface area contributed by atoms with E-state index in [1.807, 2.05) is 54.6 Å². The van der Waals surface area contributed by atoms with E-state index in [4.69, 9.17) is 19.6 Å². The normalized spacial score (nSPS) is 17.8. The highest BCUT2D eigenvalue weighted by atomic mass is 79.9. The molecule has 0 aliphatic carbocycles. The molecule has 5 rings (SSSR count). The van der Waals surface area contributed by atoms with Crippen molar-refractivity contribution in [2.24, 2.45) is 4.99 Å². The van der Waals surface area contributed by atoms with Gasteiger partial charge < -0.3 is 19.9 Å². The van der Waals surface area contributed by atoms with E-state index < -0.39 is 29.2 Å². The molecule has 0 unspecified atom stereocenters. The fourth-order valence-corrected chi connectivity index (χ4v) is 5.10. The number of benzene rings is 4. The van der Waals surface area contributed by atoms with Gasteiger partial charge in [0.25, 0.3) is 5.91 Å². The summed E-state index contributed by atoms with van der Waals surface area (Å²) in [6, 6.07) is 27.2. The number of aliphatic hydroxyl groups is 1. The van der Waals surface area contributed by atoms with Crippen molar-refractivity contribution in [3.05, 3.63) is 135 Å². The molecular weight excluding hydrogens is 606 g/mol. The van der Waals surface area contributed by atoms with E-state index >= 15 is 0 Å². The van der Waals surface area contributed by atoms with Gasteiger partial charge >= 0.3 is 0 Å². The van der Waals surface area contributed by atoms with Crippen molar-refractivity contribution in [1.82, 2.24) is 5.32 Å². The highest BCUT2D eigenvalue weighted by molar-refractivity contribution is 9.10. The van der Waals surface area contributed by atoms with E-state index in [0.29, 0.717) is 24.3 Å². The minimum Gasteiger partial charge on any atom is -0.494 e. The molecule has 0 bridgehead atoms. The molecule has 0 saturated carbocycles. The fourth-order valence-electron chi connectivity index (χ4n) is 4.83. The van der Waals surface area contributed by atoms with Crippen molar-refractivity contribution in [2.75, 3.05) is 13.2 Å². The van der Waals surface area contributed by atoms with E-state index in [0.717, 1.165) is 33.8 Å². The number of aliphatic hydroxyl groups excluding tert-OH is 1. The number of hydrogen-bond acceptors (Lipinski definition) is 5. The van der Waals surface area contributed by atoms with Gasteiger partial charge in [0.1, 0.15) is 17.4 Å². The average Bonchev–Trinajstić information content (AvgIpc) is 3.39. The summed E-state index contributed by atoms with van der Waals surface area (Å²) in [6.45, 7) is 0.194. The van der Waals surface area contributed by atoms with Gasteiger partial charge in [-0.25, -0.2) is 13.8 Å². The van der Waals surface area contributed by atoms with Gasteiger partial charge in [-0.15, -0.1) is 0 Å². The summed E-state index contributed by atoms with van der Waals surface area (Å²) in [5.74, 6) is -0.803. The Balaban J connectivity index is 1.54. The molecule has 42 heavy (non-hydrogen) atoms. The van der Waals surface area contributed by atoms with Gasteiger partial charge in [-0.05, 0) is 65.7 Å². The van der Waals surface area contributed by atoms with E-state index in [1.165, 1.54) is 0 Å². The first-order valence-electron chi connectivity index (χ1n) is 13.5. The molecule has 0 spiro atoms. The summed E-state index contributed by atoms with van der Waals surface area (Å²) >= 11 is 3.47. The Morgan fingerprint density at radius 3 is 2.45 bits per heavy atom. The lowest BCUT2D eigenvalue weighted by Crippen LogP contribution is -2.49. The maximum Gasteiger partial charge on any atom is 0.252 e. The number of aliphatic imine (C=N–C) groups is 1.